The minimum absolute atomic E-state index is 0.0191. The van der Waals surface area contributed by atoms with Gasteiger partial charge in [0.2, 0.25) is 0 Å². The van der Waals surface area contributed by atoms with Crippen LogP contribution in [0.2, 0.25) is 0 Å². The lowest BCUT2D eigenvalue weighted by molar-refractivity contribution is -0.141. The van der Waals surface area contributed by atoms with E-state index in [0.717, 1.165) is 6.20 Å². The number of rotatable bonds is 2. The first-order chi connectivity index (χ1) is 6.96. The Morgan fingerprint density at radius 1 is 1.60 bits per heavy atom. The highest BCUT2D eigenvalue weighted by atomic mass is 19.4. The Kier molecular flexibility index (Phi) is 3.23. The van der Waals surface area contributed by atoms with Crippen LogP contribution in [-0.2, 0) is 10.9 Å². The monoisotopic (exact) mass is 219 g/mol. The van der Waals surface area contributed by atoms with Gasteiger partial charge in [0, 0.05) is 6.20 Å². The summed E-state index contributed by atoms with van der Waals surface area (Å²) in [6.07, 6.45) is -2.21. The summed E-state index contributed by atoms with van der Waals surface area (Å²) in [7, 11) is 0. The topological polar surface area (TPSA) is 52.1 Å². The van der Waals surface area contributed by atoms with E-state index in [4.69, 9.17) is 0 Å². The number of esters is 1. The molecule has 0 atom stereocenters. The third kappa shape index (κ3) is 2.64. The van der Waals surface area contributed by atoms with Gasteiger partial charge >= 0.3 is 12.1 Å². The third-order valence-corrected chi connectivity index (χ3v) is 1.43. The molecule has 0 unspecified atom stereocenters. The lowest BCUT2D eigenvalue weighted by Gasteiger charge is -2.09. The molecule has 0 aliphatic rings. The van der Waals surface area contributed by atoms with Crippen molar-refractivity contribution in [3.63, 3.8) is 0 Å². The Hall–Kier alpha value is -1.66. The molecule has 0 spiro atoms. The Bertz CT molecular complexity index is 365. The van der Waals surface area contributed by atoms with Crippen molar-refractivity contribution >= 4 is 5.97 Å². The summed E-state index contributed by atoms with van der Waals surface area (Å²) in [4.78, 5) is 17.2. The molecular formula is C8H6F3N2O2. The van der Waals surface area contributed by atoms with Gasteiger partial charge in [0.15, 0.2) is 12.0 Å². The molecule has 1 aromatic rings. The lowest BCUT2D eigenvalue weighted by Crippen LogP contribution is -2.17. The van der Waals surface area contributed by atoms with E-state index in [1.807, 2.05) is 0 Å². The second-order valence-corrected chi connectivity index (χ2v) is 2.45. The number of ether oxygens (including phenoxy) is 1. The van der Waals surface area contributed by atoms with Crippen LogP contribution >= 0.6 is 0 Å². The number of aromatic nitrogens is 2. The summed E-state index contributed by atoms with van der Waals surface area (Å²) in [5, 5.41) is 0. The summed E-state index contributed by atoms with van der Waals surface area (Å²) in [6, 6.07) is 0. The molecule has 81 valence electrons. The Balaban J connectivity index is 3.12. The van der Waals surface area contributed by atoms with Gasteiger partial charge in [0.05, 0.1) is 6.61 Å². The van der Waals surface area contributed by atoms with Gasteiger partial charge in [0.25, 0.3) is 0 Å². The van der Waals surface area contributed by atoms with Crippen molar-refractivity contribution in [1.29, 1.82) is 0 Å². The van der Waals surface area contributed by atoms with Crippen LogP contribution in [0, 0.1) is 6.33 Å². The molecular weight excluding hydrogens is 213 g/mol. The van der Waals surface area contributed by atoms with Crippen LogP contribution in [0.1, 0.15) is 23.0 Å². The number of alkyl halides is 3. The molecule has 0 fully saturated rings. The molecule has 0 amide bonds. The molecule has 1 radical (unpaired) electrons. The van der Waals surface area contributed by atoms with Crippen LogP contribution in [0.25, 0.3) is 0 Å². The third-order valence-electron chi connectivity index (χ3n) is 1.43. The standard InChI is InChI=1S/C8H6F3N2O2/c1-2-15-7(14)5-3-12-4-13-6(5)8(9,10)11/h3H,2H2,1H3. The Morgan fingerprint density at radius 2 is 2.27 bits per heavy atom. The van der Waals surface area contributed by atoms with Crippen LogP contribution in [-0.4, -0.2) is 22.5 Å². The zero-order valence-corrected chi connectivity index (χ0v) is 7.63. The number of hydrogen-bond donors (Lipinski definition) is 0. The SMILES string of the molecule is CCOC(=O)c1cn[c]nc1C(F)(F)F. The van der Waals surface area contributed by atoms with E-state index >= 15 is 0 Å². The summed E-state index contributed by atoms with van der Waals surface area (Å²) in [6.45, 7) is 1.47. The molecule has 1 heterocycles. The largest absolute Gasteiger partial charge is 0.462 e. The van der Waals surface area contributed by atoms with Crippen molar-refractivity contribution in [3.05, 3.63) is 23.8 Å². The molecule has 0 aliphatic carbocycles. The van der Waals surface area contributed by atoms with E-state index in [-0.39, 0.29) is 6.61 Å². The number of hydrogen-bond acceptors (Lipinski definition) is 4. The smallest absolute Gasteiger partial charge is 0.434 e. The average molecular weight is 219 g/mol. The highest BCUT2D eigenvalue weighted by Crippen LogP contribution is 2.29. The number of nitrogens with zero attached hydrogens (tertiary/aromatic N) is 2. The van der Waals surface area contributed by atoms with Gasteiger partial charge < -0.3 is 4.74 Å². The quantitative estimate of drug-likeness (QED) is 0.707. The highest BCUT2D eigenvalue weighted by molar-refractivity contribution is 5.90. The van der Waals surface area contributed by atoms with E-state index in [1.165, 1.54) is 6.92 Å². The van der Waals surface area contributed by atoms with Gasteiger partial charge in [-0.1, -0.05) is 0 Å². The van der Waals surface area contributed by atoms with Gasteiger partial charge in [-0.05, 0) is 6.92 Å². The second-order valence-electron chi connectivity index (χ2n) is 2.45. The maximum Gasteiger partial charge on any atom is 0.434 e. The maximum atomic E-state index is 12.3. The van der Waals surface area contributed by atoms with E-state index < -0.39 is 23.4 Å². The average Bonchev–Trinajstić information content (AvgIpc) is 2.17. The van der Waals surface area contributed by atoms with Gasteiger partial charge in [-0.2, -0.15) is 13.2 Å². The van der Waals surface area contributed by atoms with Crippen LogP contribution in [0.5, 0.6) is 0 Å². The summed E-state index contributed by atoms with van der Waals surface area (Å²) < 4.78 is 41.4. The van der Waals surface area contributed by atoms with Crippen LogP contribution in [0.15, 0.2) is 6.20 Å². The summed E-state index contributed by atoms with van der Waals surface area (Å²) in [5.41, 5.74) is -2.04. The number of carbonyl (C=O) groups excluding carboxylic acids is 1. The molecule has 1 rings (SSSR count). The molecule has 15 heavy (non-hydrogen) atoms. The van der Waals surface area contributed by atoms with Crippen molar-refractivity contribution in [2.24, 2.45) is 0 Å². The van der Waals surface area contributed by atoms with Gasteiger partial charge in [-0.15, -0.1) is 0 Å². The predicted octanol–water partition coefficient (Wildman–Crippen LogP) is 1.47. The lowest BCUT2D eigenvalue weighted by atomic mass is 10.2. The molecule has 4 nitrogen and oxygen atoms in total. The molecule has 0 saturated carbocycles. The fourth-order valence-corrected chi connectivity index (χ4v) is 0.868. The van der Waals surface area contributed by atoms with Crippen LogP contribution in [0.4, 0.5) is 13.2 Å². The first kappa shape index (κ1) is 11.4. The van der Waals surface area contributed by atoms with E-state index in [2.05, 4.69) is 14.7 Å². The van der Waals surface area contributed by atoms with Crippen molar-refractivity contribution < 1.29 is 22.7 Å². The minimum atomic E-state index is -4.72. The minimum Gasteiger partial charge on any atom is -0.462 e. The van der Waals surface area contributed by atoms with E-state index in [1.54, 1.807) is 6.33 Å². The first-order valence-electron chi connectivity index (χ1n) is 3.94. The zero-order chi connectivity index (χ0) is 11.5. The van der Waals surface area contributed by atoms with E-state index in [0.29, 0.717) is 0 Å². The van der Waals surface area contributed by atoms with E-state index in [9.17, 15) is 18.0 Å². The van der Waals surface area contributed by atoms with Crippen molar-refractivity contribution in [1.82, 2.24) is 9.97 Å². The summed E-state index contributed by atoms with van der Waals surface area (Å²) in [5.74, 6) is -1.10. The fraction of sp³-hybridized carbons (Fsp3) is 0.375. The van der Waals surface area contributed by atoms with Crippen LogP contribution < -0.4 is 0 Å². The number of halogens is 3. The number of carbonyl (C=O) groups is 1. The highest BCUT2D eigenvalue weighted by Gasteiger charge is 2.37. The molecule has 0 N–H and O–H groups in total. The van der Waals surface area contributed by atoms with Crippen molar-refractivity contribution in [3.8, 4) is 0 Å². The van der Waals surface area contributed by atoms with Crippen LogP contribution in [0.3, 0.4) is 0 Å². The van der Waals surface area contributed by atoms with Gasteiger partial charge in [-0.25, -0.2) is 14.8 Å². The molecule has 7 heteroatoms. The fourth-order valence-electron chi connectivity index (χ4n) is 0.868. The molecule has 0 aromatic carbocycles. The van der Waals surface area contributed by atoms with Gasteiger partial charge in [0.1, 0.15) is 5.56 Å². The Morgan fingerprint density at radius 3 is 2.80 bits per heavy atom. The predicted molar refractivity (Wildman–Crippen MR) is 41.8 cm³/mol. The normalized spacial score (nSPS) is 11.2. The van der Waals surface area contributed by atoms with Crippen molar-refractivity contribution in [2.75, 3.05) is 6.61 Å². The molecule has 0 saturated heterocycles. The first-order valence-corrected chi connectivity index (χ1v) is 3.94. The maximum absolute atomic E-state index is 12.3. The molecule has 0 bridgehead atoms. The van der Waals surface area contributed by atoms with Gasteiger partial charge in [-0.3, -0.25) is 0 Å². The molecule has 0 aliphatic heterocycles. The van der Waals surface area contributed by atoms with Crippen molar-refractivity contribution in [2.45, 2.75) is 13.1 Å². The Labute approximate surface area is 83.1 Å². The molecule has 1 aromatic heterocycles. The second kappa shape index (κ2) is 4.24. The zero-order valence-electron chi connectivity index (χ0n) is 7.63. The summed E-state index contributed by atoms with van der Waals surface area (Å²) >= 11 is 0.